The number of carbonyl (C=O) groups is 3. The fourth-order valence-electron chi connectivity index (χ4n) is 3.11. The minimum atomic E-state index is -1.62. The molecule has 120 valence electrons. The normalized spacial score (nSPS) is 22.2. The molecule has 6 heteroatoms. The monoisotopic (exact) mass is 313 g/mol. The Hall–Kier alpha value is -2.63. The standard InChI is InChI=1S/C17H19N3O3/c1-10(2)5-4-8-20-13-7-6-11(3)9-12(13)17(15(20)22)14(21)18-16(23)19-17/h5-7,9H,4,8H2,1-3H3,(H2,18,19,21,23). The van der Waals surface area contributed by atoms with Crippen LogP contribution >= 0.6 is 0 Å². The fraction of sp³-hybridized carbons (Fsp3) is 0.353. The average Bonchev–Trinajstić information content (AvgIpc) is 2.89. The summed E-state index contributed by atoms with van der Waals surface area (Å²) in [5.41, 5.74) is 1.70. The predicted octanol–water partition coefficient (Wildman–Crippen LogP) is 1.73. The van der Waals surface area contributed by atoms with Crippen LogP contribution in [0.25, 0.3) is 0 Å². The number of amides is 4. The highest BCUT2D eigenvalue weighted by molar-refractivity contribution is 6.27. The minimum Gasteiger partial charge on any atom is -0.312 e. The van der Waals surface area contributed by atoms with Crippen molar-refractivity contribution in [2.75, 3.05) is 11.4 Å². The lowest BCUT2D eigenvalue weighted by Crippen LogP contribution is -2.52. The van der Waals surface area contributed by atoms with E-state index < -0.39 is 23.4 Å². The molecule has 1 aromatic rings. The van der Waals surface area contributed by atoms with E-state index in [1.807, 2.05) is 39.0 Å². The number of aryl methyl sites for hydroxylation is 1. The van der Waals surface area contributed by atoms with Crippen molar-refractivity contribution >= 4 is 23.5 Å². The molecule has 0 radical (unpaired) electrons. The highest BCUT2D eigenvalue weighted by atomic mass is 16.2. The third-order valence-electron chi connectivity index (χ3n) is 4.19. The lowest BCUT2D eigenvalue weighted by atomic mass is 9.90. The Bertz CT molecular complexity index is 749. The van der Waals surface area contributed by atoms with Gasteiger partial charge in [0, 0.05) is 12.1 Å². The molecule has 0 aromatic heterocycles. The molecular weight excluding hydrogens is 294 g/mol. The van der Waals surface area contributed by atoms with E-state index in [9.17, 15) is 14.4 Å². The van der Waals surface area contributed by atoms with Gasteiger partial charge in [-0.15, -0.1) is 0 Å². The Labute approximate surface area is 134 Å². The molecule has 1 fully saturated rings. The summed E-state index contributed by atoms with van der Waals surface area (Å²) in [6.45, 7) is 6.34. The number of benzene rings is 1. The van der Waals surface area contributed by atoms with Crippen LogP contribution in [-0.2, 0) is 15.1 Å². The third-order valence-corrected chi connectivity index (χ3v) is 4.19. The van der Waals surface area contributed by atoms with Gasteiger partial charge in [-0.25, -0.2) is 4.79 Å². The number of nitrogens with one attached hydrogen (secondary N) is 2. The molecule has 1 saturated heterocycles. The van der Waals surface area contributed by atoms with Crippen LogP contribution in [0.1, 0.15) is 31.4 Å². The Morgan fingerprint density at radius 3 is 2.61 bits per heavy atom. The molecule has 2 N–H and O–H groups in total. The number of imide groups is 1. The van der Waals surface area contributed by atoms with Crippen molar-refractivity contribution in [1.29, 1.82) is 0 Å². The number of urea groups is 1. The van der Waals surface area contributed by atoms with Gasteiger partial charge in [-0.3, -0.25) is 14.9 Å². The summed E-state index contributed by atoms with van der Waals surface area (Å²) in [5, 5.41) is 4.72. The molecule has 23 heavy (non-hydrogen) atoms. The van der Waals surface area contributed by atoms with E-state index in [4.69, 9.17) is 0 Å². The number of carbonyl (C=O) groups excluding carboxylic acids is 3. The largest absolute Gasteiger partial charge is 0.323 e. The number of rotatable bonds is 3. The molecular formula is C17H19N3O3. The molecule has 0 aliphatic carbocycles. The summed E-state index contributed by atoms with van der Waals surface area (Å²) in [6.07, 6.45) is 2.73. The lowest BCUT2D eigenvalue weighted by molar-refractivity contribution is -0.133. The number of hydrogen-bond acceptors (Lipinski definition) is 3. The second kappa shape index (κ2) is 5.22. The Morgan fingerprint density at radius 2 is 2.00 bits per heavy atom. The summed E-state index contributed by atoms with van der Waals surface area (Å²) in [6, 6.07) is 4.88. The van der Waals surface area contributed by atoms with Crippen LogP contribution in [-0.4, -0.2) is 24.4 Å². The molecule has 2 heterocycles. The highest BCUT2D eigenvalue weighted by Gasteiger charge is 2.61. The molecule has 1 atom stereocenters. The van der Waals surface area contributed by atoms with Crippen LogP contribution in [0.2, 0.25) is 0 Å². The predicted molar refractivity (Wildman–Crippen MR) is 85.9 cm³/mol. The van der Waals surface area contributed by atoms with Gasteiger partial charge < -0.3 is 10.2 Å². The SMILES string of the molecule is CC(C)=CCCN1C(=O)C2(NC(=O)NC2=O)c2cc(C)ccc21. The average molecular weight is 313 g/mol. The smallest absolute Gasteiger partial charge is 0.312 e. The molecule has 2 aliphatic heterocycles. The zero-order valence-corrected chi connectivity index (χ0v) is 13.4. The summed E-state index contributed by atoms with van der Waals surface area (Å²) in [5.74, 6) is -1.01. The first-order valence-corrected chi connectivity index (χ1v) is 7.56. The topological polar surface area (TPSA) is 78.5 Å². The number of nitrogens with zero attached hydrogens (tertiary/aromatic N) is 1. The highest BCUT2D eigenvalue weighted by Crippen LogP contribution is 2.42. The van der Waals surface area contributed by atoms with Gasteiger partial charge in [0.15, 0.2) is 0 Å². The van der Waals surface area contributed by atoms with Crippen molar-refractivity contribution in [1.82, 2.24) is 10.6 Å². The van der Waals surface area contributed by atoms with Crippen molar-refractivity contribution in [3.63, 3.8) is 0 Å². The first kappa shape index (κ1) is 15.3. The van der Waals surface area contributed by atoms with E-state index in [1.165, 1.54) is 5.57 Å². The van der Waals surface area contributed by atoms with E-state index in [0.29, 0.717) is 24.2 Å². The second-order valence-corrected chi connectivity index (χ2v) is 6.21. The van der Waals surface area contributed by atoms with Crippen molar-refractivity contribution in [2.45, 2.75) is 32.7 Å². The van der Waals surface area contributed by atoms with Crippen LogP contribution in [0.5, 0.6) is 0 Å². The molecule has 1 unspecified atom stereocenters. The second-order valence-electron chi connectivity index (χ2n) is 6.21. The summed E-state index contributed by atoms with van der Waals surface area (Å²) < 4.78 is 0. The van der Waals surface area contributed by atoms with Crippen molar-refractivity contribution in [3.8, 4) is 0 Å². The Morgan fingerprint density at radius 1 is 1.26 bits per heavy atom. The minimum absolute atomic E-state index is 0.399. The van der Waals surface area contributed by atoms with Gasteiger partial charge in [-0.05, 0) is 33.3 Å². The molecule has 0 bridgehead atoms. The molecule has 1 spiro atoms. The maximum Gasteiger partial charge on any atom is 0.323 e. The Kier molecular flexibility index (Phi) is 3.47. The zero-order chi connectivity index (χ0) is 16.8. The van der Waals surface area contributed by atoms with E-state index in [-0.39, 0.29) is 0 Å². The summed E-state index contributed by atoms with van der Waals surface area (Å²) in [4.78, 5) is 38.6. The maximum atomic E-state index is 13.0. The number of hydrogen-bond donors (Lipinski definition) is 2. The van der Waals surface area contributed by atoms with E-state index in [1.54, 1.807) is 11.0 Å². The first-order chi connectivity index (χ1) is 10.9. The number of allylic oxidation sites excluding steroid dienone is 1. The van der Waals surface area contributed by atoms with Crippen LogP contribution in [0.3, 0.4) is 0 Å². The van der Waals surface area contributed by atoms with Gasteiger partial charge >= 0.3 is 6.03 Å². The zero-order valence-electron chi connectivity index (χ0n) is 13.4. The number of anilines is 1. The van der Waals surface area contributed by atoms with Crippen molar-refractivity contribution in [2.24, 2.45) is 0 Å². The number of fused-ring (bicyclic) bond motifs is 2. The maximum absolute atomic E-state index is 13.0. The molecule has 0 saturated carbocycles. The molecule has 3 rings (SSSR count). The molecule has 6 nitrogen and oxygen atoms in total. The Balaban J connectivity index is 2.06. The van der Waals surface area contributed by atoms with Gasteiger partial charge in [-0.2, -0.15) is 0 Å². The van der Waals surface area contributed by atoms with Crippen LogP contribution in [0, 0.1) is 6.92 Å². The van der Waals surface area contributed by atoms with Gasteiger partial charge in [0.05, 0.1) is 5.69 Å². The van der Waals surface area contributed by atoms with Gasteiger partial charge in [0.1, 0.15) is 0 Å². The van der Waals surface area contributed by atoms with Crippen LogP contribution in [0.4, 0.5) is 10.5 Å². The van der Waals surface area contributed by atoms with Crippen LogP contribution < -0.4 is 15.5 Å². The van der Waals surface area contributed by atoms with Crippen molar-refractivity contribution < 1.29 is 14.4 Å². The lowest BCUT2D eigenvalue weighted by Gasteiger charge is -2.20. The van der Waals surface area contributed by atoms with E-state index >= 15 is 0 Å². The molecule has 4 amide bonds. The molecule has 2 aliphatic rings. The molecule has 1 aromatic carbocycles. The van der Waals surface area contributed by atoms with Gasteiger partial charge in [0.25, 0.3) is 11.8 Å². The van der Waals surface area contributed by atoms with Crippen molar-refractivity contribution in [3.05, 3.63) is 41.0 Å². The summed E-state index contributed by atoms with van der Waals surface area (Å²) in [7, 11) is 0. The quantitative estimate of drug-likeness (QED) is 0.507. The van der Waals surface area contributed by atoms with Gasteiger partial charge in [-0.1, -0.05) is 29.3 Å². The van der Waals surface area contributed by atoms with Gasteiger partial charge in [0.2, 0.25) is 5.54 Å². The summed E-state index contributed by atoms with van der Waals surface area (Å²) >= 11 is 0. The first-order valence-electron chi connectivity index (χ1n) is 7.56. The third kappa shape index (κ3) is 2.21. The van der Waals surface area contributed by atoms with Crippen LogP contribution in [0.15, 0.2) is 29.8 Å². The van der Waals surface area contributed by atoms with E-state index in [0.717, 1.165) is 5.56 Å². The fourth-order valence-corrected chi connectivity index (χ4v) is 3.11. The van der Waals surface area contributed by atoms with E-state index in [2.05, 4.69) is 10.6 Å².